The van der Waals surface area contributed by atoms with Gasteiger partial charge in [0.1, 0.15) is 0 Å². The highest BCUT2D eigenvalue weighted by atomic mass is 79.9. The molecule has 1 atom stereocenters. The quantitative estimate of drug-likeness (QED) is 0.753. The van der Waals surface area contributed by atoms with Gasteiger partial charge in [0.15, 0.2) is 0 Å². The van der Waals surface area contributed by atoms with Gasteiger partial charge in [-0.1, -0.05) is 45.8 Å². The summed E-state index contributed by atoms with van der Waals surface area (Å²) < 4.78 is 0. The molecule has 0 aliphatic rings. The lowest BCUT2D eigenvalue weighted by Crippen LogP contribution is -2.10. The zero-order chi connectivity index (χ0) is 12.1. The van der Waals surface area contributed by atoms with E-state index in [0.717, 1.165) is 18.2 Å². The normalized spacial score (nSPS) is 12.6. The second-order valence-corrected chi connectivity index (χ2v) is 5.76. The third-order valence-electron chi connectivity index (χ3n) is 2.81. The highest BCUT2D eigenvalue weighted by Crippen LogP contribution is 2.17. The van der Waals surface area contributed by atoms with Gasteiger partial charge < -0.3 is 0 Å². The summed E-state index contributed by atoms with van der Waals surface area (Å²) in [6.07, 6.45) is 2.17. The molecule has 1 nitrogen and oxygen atoms in total. The van der Waals surface area contributed by atoms with E-state index in [-0.39, 0.29) is 0 Å². The lowest BCUT2D eigenvalue weighted by Gasteiger charge is -2.13. The monoisotopic (exact) mass is 309 g/mol. The molecule has 1 heterocycles. The molecule has 0 aliphatic heterocycles. The Morgan fingerprint density at radius 1 is 1.35 bits per heavy atom. The van der Waals surface area contributed by atoms with Crippen LogP contribution < -0.4 is 0 Å². The fourth-order valence-electron chi connectivity index (χ4n) is 1.99. The third kappa shape index (κ3) is 3.93. The summed E-state index contributed by atoms with van der Waals surface area (Å²) in [4.78, 5) is 4.36. The minimum Gasteiger partial charge on any atom is -0.250 e. The first-order chi connectivity index (χ1) is 8.28. The van der Waals surface area contributed by atoms with Gasteiger partial charge in [0.2, 0.25) is 0 Å². The molecule has 0 bridgehead atoms. The van der Waals surface area contributed by atoms with Crippen molar-refractivity contribution in [1.82, 2.24) is 4.98 Å². The maximum Gasteiger partial charge on any atom is 0.0794 e. The number of aryl methyl sites for hydroxylation is 1. The van der Waals surface area contributed by atoms with E-state index < -0.39 is 0 Å². The number of halogens is 1. The van der Waals surface area contributed by atoms with Crippen molar-refractivity contribution < 1.29 is 0 Å². The van der Waals surface area contributed by atoms with Crippen molar-refractivity contribution in [3.63, 3.8) is 0 Å². The minimum absolute atomic E-state index is 0.624. The molecular weight excluding hydrogens is 294 g/mol. The lowest BCUT2D eigenvalue weighted by molar-refractivity contribution is 0.584. The molecule has 2 aromatic rings. The molecule has 0 saturated heterocycles. The Balaban J connectivity index is 2.00. The van der Waals surface area contributed by atoms with Gasteiger partial charge in [-0.2, -0.15) is 0 Å². The van der Waals surface area contributed by atoms with Gasteiger partial charge in [-0.3, -0.25) is 0 Å². The summed E-state index contributed by atoms with van der Waals surface area (Å²) in [5.74, 6) is 0.624. The molecule has 3 heteroatoms. The van der Waals surface area contributed by atoms with E-state index in [4.69, 9.17) is 0 Å². The van der Waals surface area contributed by atoms with Gasteiger partial charge in [0.25, 0.3) is 0 Å². The number of alkyl halides is 1. The zero-order valence-electron chi connectivity index (χ0n) is 9.90. The first kappa shape index (κ1) is 12.8. The van der Waals surface area contributed by atoms with E-state index in [2.05, 4.69) is 57.5 Å². The number of benzene rings is 1. The average molecular weight is 310 g/mol. The third-order valence-corrected chi connectivity index (χ3v) is 4.36. The van der Waals surface area contributed by atoms with Crippen molar-refractivity contribution in [2.75, 3.05) is 5.33 Å². The van der Waals surface area contributed by atoms with Crippen molar-refractivity contribution in [1.29, 1.82) is 0 Å². The topological polar surface area (TPSA) is 12.9 Å². The summed E-state index contributed by atoms with van der Waals surface area (Å²) in [6, 6.07) is 8.77. The fraction of sp³-hybridized carbons (Fsp3) is 0.357. The maximum atomic E-state index is 4.36. The molecule has 1 aromatic heterocycles. The van der Waals surface area contributed by atoms with Crippen LogP contribution in [-0.2, 0) is 12.8 Å². The van der Waals surface area contributed by atoms with E-state index in [0.29, 0.717) is 5.92 Å². The van der Waals surface area contributed by atoms with Crippen LogP contribution in [0.15, 0.2) is 35.2 Å². The number of thiazole rings is 1. The molecule has 1 aromatic carbocycles. The first-order valence-corrected chi connectivity index (χ1v) is 7.83. The highest BCUT2D eigenvalue weighted by Gasteiger charge is 2.10. The van der Waals surface area contributed by atoms with E-state index in [9.17, 15) is 0 Å². The number of hydrogen-bond acceptors (Lipinski definition) is 2. The molecule has 0 amide bonds. The predicted molar refractivity (Wildman–Crippen MR) is 78.0 cm³/mol. The SMILES string of the molecule is Cc1cccc(CC(CBr)Cc2cscn2)c1. The summed E-state index contributed by atoms with van der Waals surface area (Å²) in [7, 11) is 0. The fourth-order valence-corrected chi connectivity index (χ4v) is 3.02. The van der Waals surface area contributed by atoms with Crippen LogP contribution in [0.25, 0.3) is 0 Å². The summed E-state index contributed by atoms with van der Waals surface area (Å²) in [5, 5.41) is 3.17. The number of rotatable bonds is 5. The first-order valence-electron chi connectivity index (χ1n) is 5.76. The van der Waals surface area contributed by atoms with E-state index in [1.807, 2.05) is 5.51 Å². The molecule has 90 valence electrons. The van der Waals surface area contributed by atoms with E-state index in [1.165, 1.54) is 16.8 Å². The van der Waals surface area contributed by atoms with Crippen molar-refractivity contribution >= 4 is 27.3 Å². The van der Waals surface area contributed by atoms with Crippen LogP contribution in [0.3, 0.4) is 0 Å². The minimum atomic E-state index is 0.624. The zero-order valence-corrected chi connectivity index (χ0v) is 12.3. The molecule has 2 rings (SSSR count). The summed E-state index contributed by atoms with van der Waals surface area (Å²) in [6.45, 7) is 2.15. The van der Waals surface area contributed by atoms with Crippen LogP contribution >= 0.6 is 27.3 Å². The van der Waals surface area contributed by atoms with Gasteiger partial charge >= 0.3 is 0 Å². The van der Waals surface area contributed by atoms with Crippen molar-refractivity contribution in [2.24, 2.45) is 5.92 Å². The standard InChI is InChI=1S/C14H16BrNS/c1-11-3-2-4-12(5-11)6-13(8-15)7-14-9-17-10-16-14/h2-5,9-10,13H,6-8H2,1H3. The van der Waals surface area contributed by atoms with Gasteiger partial charge in [0.05, 0.1) is 11.2 Å². The average Bonchev–Trinajstić information content (AvgIpc) is 2.81. The van der Waals surface area contributed by atoms with Gasteiger partial charge in [-0.05, 0) is 31.2 Å². The molecule has 0 aliphatic carbocycles. The Kier molecular flexibility index (Phi) is 4.75. The second kappa shape index (κ2) is 6.31. The smallest absolute Gasteiger partial charge is 0.0794 e. The van der Waals surface area contributed by atoms with Gasteiger partial charge in [-0.25, -0.2) is 4.98 Å². The van der Waals surface area contributed by atoms with Crippen molar-refractivity contribution in [3.8, 4) is 0 Å². The lowest BCUT2D eigenvalue weighted by atomic mass is 9.96. The van der Waals surface area contributed by atoms with Crippen LogP contribution in [0.1, 0.15) is 16.8 Å². The molecule has 0 N–H and O–H groups in total. The van der Waals surface area contributed by atoms with Crippen molar-refractivity contribution in [2.45, 2.75) is 19.8 Å². The van der Waals surface area contributed by atoms with Gasteiger partial charge in [-0.15, -0.1) is 11.3 Å². The van der Waals surface area contributed by atoms with Crippen LogP contribution in [0.4, 0.5) is 0 Å². The van der Waals surface area contributed by atoms with Crippen LogP contribution in [-0.4, -0.2) is 10.3 Å². The van der Waals surface area contributed by atoms with E-state index in [1.54, 1.807) is 11.3 Å². The van der Waals surface area contributed by atoms with Crippen LogP contribution in [0.2, 0.25) is 0 Å². The highest BCUT2D eigenvalue weighted by molar-refractivity contribution is 9.09. The molecule has 0 radical (unpaired) electrons. The number of aromatic nitrogens is 1. The number of nitrogens with zero attached hydrogens (tertiary/aromatic N) is 1. The molecule has 17 heavy (non-hydrogen) atoms. The maximum absolute atomic E-state index is 4.36. The Bertz CT molecular complexity index is 453. The molecule has 1 unspecified atom stereocenters. The van der Waals surface area contributed by atoms with Gasteiger partial charge in [0, 0.05) is 10.7 Å². The predicted octanol–water partition coefficient (Wildman–Crippen LogP) is 4.25. The summed E-state index contributed by atoms with van der Waals surface area (Å²) in [5.41, 5.74) is 5.88. The Morgan fingerprint density at radius 3 is 2.88 bits per heavy atom. The van der Waals surface area contributed by atoms with Crippen LogP contribution in [0, 0.1) is 12.8 Å². The Morgan fingerprint density at radius 2 is 2.24 bits per heavy atom. The molecular formula is C14H16BrNS. The molecule has 0 spiro atoms. The largest absolute Gasteiger partial charge is 0.250 e. The van der Waals surface area contributed by atoms with Crippen molar-refractivity contribution in [3.05, 3.63) is 52.0 Å². The Labute approximate surface area is 115 Å². The molecule has 0 saturated carbocycles. The van der Waals surface area contributed by atoms with Crippen LogP contribution in [0.5, 0.6) is 0 Å². The molecule has 0 fully saturated rings. The van der Waals surface area contributed by atoms with E-state index >= 15 is 0 Å². The number of hydrogen-bond donors (Lipinski definition) is 0. The second-order valence-electron chi connectivity index (χ2n) is 4.40. The summed E-state index contributed by atoms with van der Waals surface area (Å²) >= 11 is 5.29. The Hall–Kier alpha value is -0.670.